The Labute approximate surface area is 344 Å². The van der Waals surface area contributed by atoms with Crippen molar-refractivity contribution in [1.82, 2.24) is 0 Å². The van der Waals surface area contributed by atoms with Gasteiger partial charge in [0, 0.05) is 42.1 Å². The van der Waals surface area contributed by atoms with E-state index in [4.69, 9.17) is 14.2 Å². The first-order valence-corrected chi connectivity index (χ1v) is 21.2. The molecule has 1 spiro atoms. The van der Waals surface area contributed by atoms with Gasteiger partial charge in [-0.1, -0.05) is 85.8 Å². The fourth-order valence-electron chi connectivity index (χ4n) is 8.94. The third-order valence-corrected chi connectivity index (χ3v) is 13.3. The van der Waals surface area contributed by atoms with Crippen LogP contribution in [0.15, 0.2) is 36.5 Å². The van der Waals surface area contributed by atoms with Gasteiger partial charge < -0.3 is 44.8 Å². The monoisotopic (exact) mass is 820 g/mol. The smallest absolute Gasteiger partial charge is 0.330 e. The second-order valence-electron chi connectivity index (χ2n) is 18.2. The summed E-state index contributed by atoms with van der Waals surface area (Å²) in [6.45, 7) is 17.4. The maximum atomic E-state index is 14.0. The molecule has 18 atom stereocenters. The molecule has 0 aromatic rings. The topological polar surface area (TPSA) is 217 Å². The molecule has 330 valence electrons. The maximum Gasteiger partial charge on any atom is 0.330 e. The highest BCUT2D eigenvalue weighted by Gasteiger charge is 2.69. The minimum absolute atomic E-state index is 0.00618. The molecule has 0 saturated carbocycles. The molecule has 0 amide bonds. The van der Waals surface area contributed by atoms with Crippen molar-refractivity contribution >= 4 is 23.3 Å². The van der Waals surface area contributed by atoms with Crippen molar-refractivity contribution < 1.29 is 64.0 Å². The Morgan fingerprint density at radius 2 is 1.45 bits per heavy atom. The number of ether oxygens (including phenoxy) is 3. The second kappa shape index (κ2) is 20.3. The Kier molecular flexibility index (Phi) is 17.4. The molecule has 0 unspecified atom stereocenters. The largest absolute Gasteiger partial charge is 0.456 e. The number of allylic oxidation sites excluding steroid dienone is 4. The van der Waals surface area contributed by atoms with Gasteiger partial charge in [-0.15, -0.1) is 0 Å². The highest BCUT2D eigenvalue weighted by Crippen LogP contribution is 2.49. The SMILES string of the molecule is CC[C@H]1C=C/C=C/C[C@@H](C)[C@H](O)[C@@](C)(O)C(=O)[C@@H](C)[C@H](O)[C@@H](C)C(=O)[C@@H](C)[C@H](O)[C@@H](C)/C=C/C(=O)O[C@@H]2[C@H](C)[C@H](CC1)O[C@@]1(O[C@@H](C[C@@H](C)O)[C@@H](C)CC1=O)[C@]2(C)O. The Morgan fingerprint density at radius 3 is 2.05 bits per heavy atom. The summed E-state index contributed by atoms with van der Waals surface area (Å²) in [4.78, 5) is 54.6. The molecule has 3 aliphatic rings. The molecule has 0 radical (unpaired) electrons. The van der Waals surface area contributed by atoms with Gasteiger partial charge >= 0.3 is 5.97 Å². The van der Waals surface area contributed by atoms with E-state index in [9.17, 15) is 49.8 Å². The van der Waals surface area contributed by atoms with Crippen molar-refractivity contribution in [2.75, 3.05) is 0 Å². The molecule has 2 fully saturated rings. The zero-order valence-electron chi connectivity index (χ0n) is 36.4. The first-order chi connectivity index (χ1) is 26.8. The van der Waals surface area contributed by atoms with Crippen LogP contribution in [0, 0.1) is 47.3 Å². The summed E-state index contributed by atoms with van der Waals surface area (Å²) in [5.74, 6) is -10.5. The molecule has 3 heterocycles. The lowest BCUT2D eigenvalue weighted by Crippen LogP contribution is -2.75. The molecular formula is C45H72O13. The Balaban J connectivity index is 2.06. The number of aliphatic hydroxyl groups excluding tert-OH is 4. The molecule has 2 saturated heterocycles. The lowest BCUT2D eigenvalue weighted by molar-refractivity contribution is -0.388. The second-order valence-corrected chi connectivity index (χ2v) is 18.2. The van der Waals surface area contributed by atoms with Crippen molar-refractivity contribution in [2.45, 2.75) is 174 Å². The lowest BCUT2D eigenvalue weighted by Gasteiger charge is -2.57. The minimum atomic E-state index is -2.23. The summed E-state index contributed by atoms with van der Waals surface area (Å²) in [6.07, 6.45) is 4.55. The molecular weight excluding hydrogens is 748 g/mol. The van der Waals surface area contributed by atoms with E-state index >= 15 is 0 Å². The number of rotatable bonds is 3. The van der Waals surface area contributed by atoms with Gasteiger partial charge in [0.15, 0.2) is 17.2 Å². The van der Waals surface area contributed by atoms with Crippen LogP contribution in [0.3, 0.4) is 0 Å². The fourth-order valence-corrected chi connectivity index (χ4v) is 8.94. The molecule has 3 rings (SSSR count). The van der Waals surface area contributed by atoms with Gasteiger partial charge in [0.1, 0.15) is 17.5 Å². The first kappa shape index (κ1) is 49.7. The van der Waals surface area contributed by atoms with Gasteiger partial charge in [0.05, 0.1) is 36.6 Å². The zero-order valence-corrected chi connectivity index (χ0v) is 36.4. The number of fused-ring (bicyclic) bond motifs is 2. The van der Waals surface area contributed by atoms with E-state index in [1.165, 1.54) is 40.7 Å². The number of Topliss-reactive ketones (excluding diaryl/α,β-unsaturated/α-hetero) is 3. The van der Waals surface area contributed by atoms with E-state index in [-0.39, 0.29) is 24.7 Å². The van der Waals surface area contributed by atoms with E-state index in [2.05, 4.69) is 0 Å². The van der Waals surface area contributed by atoms with Crippen molar-refractivity contribution in [2.24, 2.45) is 47.3 Å². The summed E-state index contributed by atoms with van der Waals surface area (Å²) in [7, 11) is 0. The average molecular weight is 821 g/mol. The predicted molar refractivity (Wildman–Crippen MR) is 217 cm³/mol. The van der Waals surface area contributed by atoms with Crippen molar-refractivity contribution in [3.8, 4) is 0 Å². The average Bonchev–Trinajstić information content (AvgIpc) is 3.16. The number of ketones is 3. The minimum Gasteiger partial charge on any atom is -0.456 e. The van der Waals surface area contributed by atoms with Crippen LogP contribution in [0.25, 0.3) is 0 Å². The lowest BCUT2D eigenvalue weighted by atomic mass is 9.71. The zero-order chi connectivity index (χ0) is 44.1. The molecule has 0 aliphatic carbocycles. The van der Waals surface area contributed by atoms with E-state index in [1.54, 1.807) is 27.7 Å². The van der Waals surface area contributed by atoms with Crippen LogP contribution in [0.5, 0.6) is 0 Å². The van der Waals surface area contributed by atoms with E-state index in [1.807, 2.05) is 38.2 Å². The summed E-state index contributed by atoms with van der Waals surface area (Å²) in [5.41, 5.74) is -4.38. The van der Waals surface area contributed by atoms with Crippen molar-refractivity contribution in [1.29, 1.82) is 0 Å². The third kappa shape index (κ3) is 10.8. The normalized spacial score (nSPS) is 46.4. The predicted octanol–water partition coefficient (Wildman–Crippen LogP) is 4.18. The molecule has 58 heavy (non-hydrogen) atoms. The van der Waals surface area contributed by atoms with Gasteiger partial charge in [0.25, 0.3) is 5.79 Å². The highest BCUT2D eigenvalue weighted by molar-refractivity contribution is 5.91. The van der Waals surface area contributed by atoms with Gasteiger partial charge in [-0.3, -0.25) is 14.4 Å². The number of hydrogen-bond acceptors (Lipinski definition) is 13. The standard InChI is InChI=1S/C45H72O13/c1-12-32-17-15-13-14-16-25(3)40(52)43(10,54)41(53)31(9)39(51)30(8)38(50)29(7)37(49)24(2)18-21-36(48)56-42-28(6)33(20-19-32)57-45(44(42,11)55)35(47)22-26(4)34(58-45)23-27(5)46/h13-15,17-18,21,24-34,37,39-40,42,46,49,51-52,54-55H,12,16,19-20,22-23H2,1-11H3/b14-13+,17-15?,21-18+/t24-,25+,26-,27+,28+,29-,30-,31-,32-,33-,34-,37+,39+,40-,42+,43+,44+,45-/m0/s1. The number of carbonyl (C=O) groups is 4. The van der Waals surface area contributed by atoms with Crippen LogP contribution >= 0.6 is 0 Å². The molecule has 0 aromatic carbocycles. The molecule has 13 heteroatoms. The van der Waals surface area contributed by atoms with Crippen molar-refractivity contribution in [3.05, 3.63) is 36.5 Å². The van der Waals surface area contributed by atoms with Crippen LogP contribution in [0.2, 0.25) is 0 Å². The fraction of sp³-hybridized carbons (Fsp3) is 0.778. The van der Waals surface area contributed by atoms with Crippen LogP contribution in [0.4, 0.5) is 0 Å². The Bertz CT molecular complexity index is 1510. The highest BCUT2D eigenvalue weighted by atomic mass is 16.7. The van der Waals surface area contributed by atoms with E-state index in [0.717, 1.165) is 12.5 Å². The number of aliphatic hydroxyl groups is 6. The van der Waals surface area contributed by atoms with Crippen LogP contribution < -0.4 is 0 Å². The Hall–Kier alpha value is -2.62. The summed E-state index contributed by atoms with van der Waals surface area (Å²) in [5, 5.41) is 67.3. The molecule has 6 N–H and O–H groups in total. The van der Waals surface area contributed by atoms with E-state index < -0.39 is 119 Å². The van der Waals surface area contributed by atoms with E-state index in [0.29, 0.717) is 19.3 Å². The van der Waals surface area contributed by atoms with Gasteiger partial charge in [0.2, 0.25) is 0 Å². The third-order valence-electron chi connectivity index (χ3n) is 13.3. The molecule has 0 aromatic heterocycles. The summed E-state index contributed by atoms with van der Waals surface area (Å²) in [6, 6.07) is 0. The first-order valence-electron chi connectivity index (χ1n) is 21.2. The molecule has 3 aliphatic heterocycles. The molecule has 2 bridgehead atoms. The summed E-state index contributed by atoms with van der Waals surface area (Å²) >= 11 is 0. The molecule has 13 nitrogen and oxygen atoms in total. The van der Waals surface area contributed by atoms with Crippen LogP contribution in [0.1, 0.15) is 115 Å². The summed E-state index contributed by atoms with van der Waals surface area (Å²) < 4.78 is 19.0. The quantitative estimate of drug-likeness (QED) is 0.221. The number of carbonyl (C=O) groups excluding carboxylic acids is 4. The van der Waals surface area contributed by atoms with Gasteiger partial charge in [-0.25, -0.2) is 4.79 Å². The maximum absolute atomic E-state index is 14.0. The van der Waals surface area contributed by atoms with Gasteiger partial charge in [-0.05, 0) is 70.6 Å². The van der Waals surface area contributed by atoms with Crippen molar-refractivity contribution in [3.63, 3.8) is 0 Å². The number of esters is 1. The number of hydrogen-bond donors (Lipinski definition) is 6. The Morgan fingerprint density at radius 1 is 0.828 bits per heavy atom. The van der Waals surface area contributed by atoms with Crippen LogP contribution in [-0.4, -0.2) is 114 Å². The van der Waals surface area contributed by atoms with Crippen LogP contribution in [-0.2, 0) is 33.4 Å². The van der Waals surface area contributed by atoms with Gasteiger partial charge in [-0.2, -0.15) is 0 Å².